The number of anilines is 1. The molecule has 2 fully saturated rings. The van der Waals surface area contributed by atoms with E-state index in [0.717, 1.165) is 22.5 Å². The first-order chi connectivity index (χ1) is 8.22. The lowest BCUT2D eigenvalue weighted by Crippen LogP contribution is -2.27. The molecule has 3 heteroatoms. The average molecular weight is 294 g/mol. The second kappa shape index (κ2) is 4.45. The number of hydrogen-bond acceptors (Lipinski definition) is 1. The molecular weight excluding hydrogens is 278 g/mol. The highest BCUT2D eigenvalue weighted by molar-refractivity contribution is 9.10. The third-order valence-electron chi connectivity index (χ3n) is 4.19. The van der Waals surface area contributed by atoms with Gasteiger partial charge in [0.15, 0.2) is 0 Å². The molecule has 3 rings (SSSR count). The summed E-state index contributed by atoms with van der Waals surface area (Å²) < 4.78 is 1.04. The fourth-order valence-corrected chi connectivity index (χ4v) is 3.60. The van der Waals surface area contributed by atoms with Crippen LogP contribution >= 0.6 is 15.9 Å². The third-order valence-corrected chi connectivity index (χ3v) is 4.72. The third kappa shape index (κ3) is 2.25. The largest absolute Gasteiger partial charge is 0.326 e. The number of rotatable bonds is 2. The van der Waals surface area contributed by atoms with Crippen molar-refractivity contribution >= 4 is 27.5 Å². The van der Waals surface area contributed by atoms with Gasteiger partial charge in [-0.15, -0.1) is 0 Å². The number of carbonyl (C=O) groups excluding carboxylic acids is 1. The second-order valence-corrected chi connectivity index (χ2v) is 6.19. The van der Waals surface area contributed by atoms with Crippen LogP contribution in [0.1, 0.15) is 25.7 Å². The van der Waals surface area contributed by atoms with E-state index in [1.165, 1.54) is 19.3 Å². The maximum Gasteiger partial charge on any atom is 0.227 e. The van der Waals surface area contributed by atoms with Crippen molar-refractivity contribution < 1.29 is 4.79 Å². The zero-order valence-corrected chi connectivity index (χ0v) is 11.2. The average Bonchev–Trinajstić information content (AvgIpc) is 2.94. The standard InChI is InChI=1S/C14H16BrNO/c15-11-3-5-12(6-4-11)16-14(17)13-8-9-1-2-10(13)7-9/h3-6,9-10,13H,1-2,7-8H2,(H,16,17). The summed E-state index contributed by atoms with van der Waals surface area (Å²) in [6.07, 6.45) is 4.97. The molecule has 1 N–H and O–H groups in total. The Labute approximate surface area is 110 Å². The van der Waals surface area contributed by atoms with Crippen molar-refractivity contribution in [2.24, 2.45) is 17.8 Å². The predicted molar refractivity (Wildman–Crippen MR) is 71.7 cm³/mol. The van der Waals surface area contributed by atoms with Crippen molar-refractivity contribution in [2.75, 3.05) is 5.32 Å². The van der Waals surface area contributed by atoms with Crippen molar-refractivity contribution in [3.05, 3.63) is 28.7 Å². The molecule has 1 amide bonds. The first-order valence-corrected chi connectivity index (χ1v) is 7.08. The number of benzene rings is 1. The molecule has 1 aromatic carbocycles. The van der Waals surface area contributed by atoms with E-state index in [1.807, 2.05) is 24.3 Å². The summed E-state index contributed by atoms with van der Waals surface area (Å²) in [4.78, 5) is 12.2. The van der Waals surface area contributed by atoms with Crippen LogP contribution in [0, 0.1) is 17.8 Å². The van der Waals surface area contributed by atoms with Crippen LogP contribution in [0.4, 0.5) is 5.69 Å². The van der Waals surface area contributed by atoms with Gasteiger partial charge in [0, 0.05) is 16.1 Å². The van der Waals surface area contributed by atoms with Crippen LogP contribution in [0.5, 0.6) is 0 Å². The molecule has 1 aromatic rings. The molecule has 2 nitrogen and oxygen atoms in total. The Bertz CT molecular complexity index is 428. The molecule has 2 aliphatic rings. The molecule has 3 atom stereocenters. The van der Waals surface area contributed by atoms with Gasteiger partial charge >= 0.3 is 0 Å². The van der Waals surface area contributed by atoms with Crippen LogP contribution in [0.2, 0.25) is 0 Å². The van der Waals surface area contributed by atoms with Crippen molar-refractivity contribution in [3.8, 4) is 0 Å². The van der Waals surface area contributed by atoms with Crippen LogP contribution in [0.3, 0.4) is 0 Å². The Morgan fingerprint density at radius 2 is 1.94 bits per heavy atom. The monoisotopic (exact) mass is 293 g/mol. The van der Waals surface area contributed by atoms with Gasteiger partial charge < -0.3 is 5.32 Å². The van der Waals surface area contributed by atoms with E-state index >= 15 is 0 Å². The van der Waals surface area contributed by atoms with Gasteiger partial charge in [0.2, 0.25) is 5.91 Å². The van der Waals surface area contributed by atoms with Gasteiger partial charge in [0.1, 0.15) is 0 Å². The van der Waals surface area contributed by atoms with Crippen LogP contribution in [-0.2, 0) is 4.79 Å². The van der Waals surface area contributed by atoms with E-state index in [2.05, 4.69) is 21.2 Å². The first kappa shape index (κ1) is 11.3. The fourth-order valence-electron chi connectivity index (χ4n) is 3.33. The van der Waals surface area contributed by atoms with Gasteiger partial charge in [-0.2, -0.15) is 0 Å². The van der Waals surface area contributed by atoms with Crippen molar-refractivity contribution in [2.45, 2.75) is 25.7 Å². The van der Waals surface area contributed by atoms with Crippen LogP contribution in [0.15, 0.2) is 28.7 Å². The predicted octanol–water partition coefficient (Wildman–Crippen LogP) is 3.82. The van der Waals surface area contributed by atoms with E-state index in [4.69, 9.17) is 0 Å². The Hall–Kier alpha value is -0.830. The van der Waals surface area contributed by atoms with Crippen LogP contribution < -0.4 is 5.32 Å². The SMILES string of the molecule is O=C(Nc1ccc(Br)cc1)C1CC2CCC1C2. The summed E-state index contributed by atoms with van der Waals surface area (Å²) in [5.41, 5.74) is 0.904. The summed E-state index contributed by atoms with van der Waals surface area (Å²) in [5, 5.41) is 3.04. The maximum atomic E-state index is 12.2. The first-order valence-electron chi connectivity index (χ1n) is 6.29. The molecule has 0 aliphatic heterocycles. The zero-order chi connectivity index (χ0) is 11.8. The Balaban J connectivity index is 1.65. The van der Waals surface area contributed by atoms with Gasteiger partial charge in [-0.05, 0) is 55.4 Å². The van der Waals surface area contributed by atoms with Crippen LogP contribution in [-0.4, -0.2) is 5.91 Å². The molecule has 0 spiro atoms. The van der Waals surface area contributed by atoms with E-state index in [9.17, 15) is 4.79 Å². The molecule has 0 heterocycles. The number of halogens is 1. The van der Waals surface area contributed by atoms with Crippen molar-refractivity contribution in [1.82, 2.24) is 0 Å². The van der Waals surface area contributed by atoms with Crippen LogP contribution in [0.25, 0.3) is 0 Å². The normalized spacial score (nSPS) is 30.5. The van der Waals surface area contributed by atoms with E-state index < -0.39 is 0 Å². The number of nitrogens with one attached hydrogen (secondary N) is 1. The number of hydrogen-bond donors (Lipinski definition) is 1. The van der Waals surface area contributed by atoms with Gasteiger partial charge in [-0.1, -0.05) is 22.4 Å². The number of fused-ring (bicyclic) bond motifs is 2. The fraction of sp³-hybridized carbons (Fsp3) is 0.500. The molecule has 2 aliphatic carbocycles. The Morgan fingerprint density at radius 3 is 2.53 bits per heavy atom. The molecule has 0 radical (unpaired) electrons. The van der Waals surface area contributed by atoms with Gasteiger partial charge in [-0.25, -0.2) is 0 Å². The summed E-state index contributed by atoms with van der Waals surface area (Å²) in [5.74, 6) is 1.95. The lowest BCUT2D eigenvalue weighted by Gasteiger charge is -2.20. The molecular formula is C14H16BrNO. The highest BCUT2D eigenvalue weighted by Gasteiger charge is 2.42. The van der Waals surface area contributed by atoms with Crippen molar-refractivity contribution in [3.63, 3.8) is 0 Å². The summed E-state index contributed by atoms with van der Waals surface area (Å²) in [7, 11) is 0. The molecule has 2 saturated carbocycles. The molecule has 3 unspecified atom stereocenters. The number of amides is 1. The summed E-state index contributed by atoms with van der Waals surface area (Å²) in [6, 6.07) is 7.79. The van der Waals surface area contributed by atoms with E-state index in [1.54, 1.807) is 0 Å². The molecule has 0 aromatic heterocycles. The molecule has 17 heavy (non-hydrogen) atoms. The Kier molecular flexibility index (Phi) is 2.95. The highest BCUT2D eigenvalue weighted by atomic mass is 79.9. The lowest BCUT2D eigenvalue weighted by molar-refractivity contribution is -0.121. The summed E-state index contributed by atoms with van der Waals surface area (Å²) >= 11 is 3.39. The summed E-state index contributed by atoms with van der Waals surface area (Å²) in [6.45, 7) is 0. The zero-order valence-electron chi connectivity index (χ0n) is 9.66. The maximum absolute atomic E-state index is 12.2. The van der Waals surface area contributed by atoms with E-state index in [-0.39, 0.29) is 11.8 Å². The van der Waals surface area contributed by atoms with Crippen molar-refractivity contribution in [1.29, 1.82) is 0 Å². The smallest absolute Gasteiger partial charge is 0.227 e. The second-order valence-electron chi connectivity index (χ2n) is 5.28. The molecule has 2 bridgehead atoms. The van der Waals surface area contributed by atoms with Gasteiger partial charge in [0.05, 0.1) is 0 Å². The van der Waals surface area contributed by atoms with Gasteiger partial charge in [0.25, 0.3) is 0 Å². The minimum absolute atomic E-state index is 0.222. The molecule has 0 saturated heterocycles. The van der Waals surface area contributed by atoms with Gasteiger partial charge in [-0.3, -0.25) is 4.79 Å². The highest BCUT2D eigenvalue weighted by Crippen LogP contribution is 2.48. The quantitative estimate of drug-likeness (QED) is 0.882. The lowest BCUT2D eigenvalue weighted by atomic mass is 9.88. The van der Waals surface area contributed by atoms with E-state index in [0.29, 0.717) is 5.92 Å². The Morgan fingerprint density at radius 1 is 1.18 bits per heavy atom. The number of carbonyl (C=O) groups is 1. The minimum atomic E-state index is 0.222. The topological polar surface area (TPSA) is 29.1 Å². The minimum Gasteiger partial charge on any atom is -0.326 e. The molecule has 90 valence electrons.